The third kappa shape index (κ3) is 1.66. The van der Waals surface area contributed by atoms with Crippen molar-refractivity contribution in [3.8, 4) is 22.6 Å². The topological polar surface area (TPSA) is 69.9 Å². The van der Waals surface area contributed by atoms with Crippen LogP contribution in [0.25, 0.3) is 22.6 Å². The first-order chi connectivity index (χ1) is 8.75. The van der Waals surface area contributed by atoms with Gasteiger partial charge in [-0.05, 0) is 0 Å². The Labute approximate surface area is 104 Å². The summed E-state index contributed by atoms with van der Waals surface area (Å²) in [6, 6.07) is 9.61. The van der Waals surface area contributed by atoms with Crippen LogP contribution in [-0.4, -0.2) is 14.7 Å². The van der Waals surface area contributed by atoms with E-state index < -0.39 is 0 Å². The highest BCUT2D eigenvalue weighted by Gasteiger charge is 2.13. The number of hydrogen-bond acceptors (Lipinski definition) is 4. The SMILES string of the molecule is Cn1ccnc1-c1ccccc1-c1cc(N)on1. The van der Waals surface area contributed by atoms with E-state index in [0.717, 1.165) is 17.0 Å². The molecule has 0 unspecified atom stereocenters. The molecule has 0 amide bonds. The second kappa shape index (κ2) is 4.03. The molecule has 0 fully saturated rings. The van der Waals surface area contributed by atoms with Crippen molar-refractivity contribution in [2.24, 2.45) is 7.05 Å². The van der Waals surface area contributed by atoms with Gasteiger partial charge in [0.25, 0.3) is 0 Å². The van der Waals surface area contributed by atoms with Crippen LogP contribution in [0.1, 0.15) is 0 Å². The van der Waals surface area contributed by atoms with E-state index in [2.05, 4.69) is 10.1 Å². The van der Waals surface area contributed by atoms with Gasteiger partial charge in [-0.3, -0.25) is 0 Å². The zero-order valence-electron chi connectivity index (χ0n) is 9.87. The molecule has 2 heterocycles. The normalized spacial score (nSPS) is 10.7. The second-order valence-corrected chi connectivity index (χ2v) is 4.02. The van der Waals surface area contributed by atoms with Gasteiger partial charge in [0.2, 0.25) is 5.88 Å². The summed E-state index contributed by atoms with van der Waals surface area (Å²) in [6.45, 7) is 0. The highest BCUT2D eigenvalue weighted by Crippen LogP contribution is 2.30. The van der Waals surface area contributed by atoms with Crippen LogP contribution < -0.4 is 5.73 Å². The van der Waals surface area contributed by atoms with Crippen molar-refractivity contribution in [2.75, 3.05) is 5.73 Å². The maximum absolute atomic E-state index is 5.56. The Balaban J connectivity index is 2.20. The van der Waals surface area contributed by atoms with Gasteiger partial charge < -0.3 is 14.8 Å². The summed E-state index contributed by atoms with van der Waals surface area (Å²) in [5, 5.41) is 3.95. The minimum absolute atomic E-state index is 0.305. The van der Waals surface area contributed by atoms with E-state index in [1.165, 1.54) is 0 Å². The lowest BCUT2D eigenvalue weighted by Crippen LogP contribution is -1.93. The fourth-order valence-electron chi connectivity index (χ4n) is 1.94. The smallest absolute Gasteiger partial charge is 0.222 e. The minimum Gasteiger partial charge on any atom is -0.368 e. The van der Waals surface area contributed by atoms with Gasteiger partial charge in [0.05, 0.1) is 0 Å². The van der Waals surface area contributed by atoms with Crippen molar-refractivity contribution in [1.29, 1.82) is 0 Å². The molecule has 0 saturated heterocycles. The van der Waals surface area contributed by atoms with E-state index in [1.54, 1.807) is 12.3 Å². The van der Waals surface area contributed by atoms with Crippen LogP contribution in [0.5, 0.6) is 0 Å². The van der Waals surface area contributed by atoms with Gasteiger partial charge in [0, 0.05) is 36.6 Å². The Morgan fingerprint density at radius 1 is 1.22 bits per heavy atom. The molecular formula is C13H12N4O. The summed E-state index contributed by atoms with van der Waals surface area (Å²) in [6.07, 6.45) is 3.67. The lowest BCUT2D eigenvalue weighted by Gasteiger charge is -2.06. The number of nitrogen functional groups attached to an aromatic ring is 1. The van der Waals surface area contributed by atoms with Crippen molar-refractivity contribution < 1.29 is 4.52 Å². The number of rotatable bonds is 2. The molecular weight excluding hydrogens is 228 g/mol. The number of aryl methyl sites for hydroxylation is 1. The lowest BCUT2D eigenvalue weighted by atomic mass is 10.0. The molecule has 18 heavy (non-hydrogen) atoms. The molecule has 0 atom stereocenters. The zero-order chi connectivity index (χ0) is 12.5. The Bertz CT molecular complexity index is 684. The number of imidazole rings is 1. The van der Waals surface area contributed by atoms with Gasteiger partial charge in [0.1, 0.15) is 11.5 Å². The van der Waals surface area contributed by atoms with Crippen LogP contribution in [0.4, 0.5) is 5.88 Å². The molecule has 3 aromatic rings. The summed E-state index contributed by atoms with van der Waals surface area (Å²) in [4.78, 5) is 4.35. The number of nitrogens with zero attached hydrogens (tertiary/aromatic N) is 3. The molecule has 2 aromatic heterocycles. The molecule has 5 nitrogen and oxygen atoms in total. The molecule has 5 heteroatoms. The van der Waals surface area contributed by atoms with Crippen LogP contribution in [0.15, 0.2) is 47.2 Å². The molecule has 0 radical (unpaired) electrons. The molecule has 0 aliphatic carbocycles. The molecule has 0 aliphatic rings. The maximum atomic E-state index is 5.56. The molecule has 1 aromatic carbocycles. The molecule has 90 valence electrons. The summed E-state index contributed by atoms with van der Waals surface area (Å²) in [7, 11) is 1.95. The monoisotopic (exact) mass is 240 g/mol. The number of hydrogen-bond donors (Lipinski definition) is 1. The van der Waals surface area contributed by atoms with Gasteiger partial charge in [-0.25, -0.2) is 4.98 Å². The van der Waals surface area contributed by atoms with Crippen molar-refractivity contribution in [1.82, 2.24) is 14.7 Å². The molecule has 2 N–H and O–H groups in total. The third-order valence-corrected chi connectivity index (χ3v) is 2.79. The first-order valence-corrected chi connectivity index (χ1v) is 5.55. The average molecular weight is 240 g/mol. The van der Waals surface area contributed by atoms with Gasteiger partial charge in [-0.1, -0.05) is 29.4 Å². The Morgan fingerprint density at radius 3 is 2.61 bits per heavy atom. The zero-order valence-corrected chi connectivity index (χ0v) is 9.87. The van der Waals surface area contributed by atoms with E-state index in [-0.39, 0.29) is 0 Å². The first-order valence-electron chi connectivity index (χ1n) is 5.55. The number of anilines is 1. The fraction of sp³-hybridized carbons (Fsp3) is 0.0769. The highest BCUT2D eigenvalue weighted by atomic mass is 16.5. The van der Waals surface area contributed by atoms with Gasteiger partial charge in [-0.15, -0.1) is 0 Å². The van der Waals surface area contributed by atoms with E-state index in [9.17, 15) is 0 Å². The largest absolute Gasteiger partial charge is 0.368 e. The number of benzene rings is 1. The number of aromatic nitrogens is 3. The summed E-state index contributed by atoms with van der Waals surface area (Å²) in [5.74, 6) is 1.19. The quantitative estimate of drug-likeness (QED) is 0.746. The predicted molar refractivity (Wildman–Crippen MR) is 68.6 cm³/mol. The highest BCUT2D eigenvalue weighted by molar-refractivity contribution is 5.79. The average Bonchev–Trinajstić information content (AvgIpc) is 2.98. The van der Waals surface area contributed by atoms with Gasteiger partial charge >= 0.3 is 0 Å². The summed E-state index contributed by atoms with van der Waals surface area (Å²) in [5.41, 5.74) is 8.23. The van der Waals surface area contributed by atoms with E-state index >= 15 is 0 Å². The van der Waals surface area contributed by atoms with Crippen LogP contribution in [0, 0.1) is 0 Å². The third-order valence-electron chi connectivity index (χ3n) is 2.79. The number of nitrogens with two attached hydrogens (primary N) is 1. The fourth-order valence-corrected chi connectivity index (χ4v) is 1.94. The predicted octanol–water partition coefficient (Wildman–Crippen LogP) is 2.32. The molecule has 3 rings (SSSR count). The van der Waals surface area contributed by atoms with Crippen LogP contribution >= 0.6 is 0 Å². The van der Waals surface area contributed by atoms with Gasteiger partial charge in [-0.2, -0.15) is 0 Å². The van der Waals surface area contributed by atoms with E-state index in [4.69, 9.17) is 10.3 Å². The van der Waals surface area contributed by atoms with E-state index in [1.807, 2.05) is 42.1 Å². The van der Waals surface area contributed by atoms with Crippen LogP contribution in [0.3, 0.4) is 0 Å². The van der Waals surface area contributed by atoms with Crippen molar-refractivity contribution >= 4 is 5.88 Å². The Morgan fingerprint density at radius 2 is 2.00 bits per heavy atom. The van der Waals surface area contributed by atoms with Crippen molar-refractivity contribution in [3.05, 3.63) is 42.7 Å². The molecule has 0 aliphatic heterocycles. The Kier molecular flexibility index (Phi) is 2.37. The van der Waals surface area contributed by atoms with Crippen LogP contribution in [-0.2, 0) is 7.05 Å². The van der Waals surface area contributed by atoms with E-state index in [0.29, 0.717) is 11.6 Å². The first kappa shape index (κ1) is 10.6. The van der Waals surface area contributed by atoms with Crippen molar-refractivity contribution in [3.63, 3.8) is 0 Å². The summed E-state index contributed by atoms with van der Waals surface area (Å²) >= 11 is 0. The molecule has 0 spiro atoms. The maximum Gasteiger partial charge on any atom is 0.222 e. The standard InChI is InChI=1S/C13H12N4O/c1-17-7-6-15-13(17)10-5-3-2-4-9(10)11-8-12(14)18-16-11/h2-8H,14H2,1H3. The van der Waals surface area contributed by atoms with Gasteiger partial charge in [0.15, 0.2) is 0 Å². The van der Waals surface area contributed by atoms with Crippen LogP contribution in [0.2, 0.25) is 0 Å². The second-order valence-electron chi connectivity index (χ2n) is 4.02. The minimum atomic E-state index is 0.305. The summed E-state index contributed by atoms with van der Waals surface area (Å²) < 4.78 is 6.88. The molecule has 0 saturated carbocycles. The lowest BCUT2D eigenvalue weighted by molar-refractivity contribution is 0.439. The Hall–Kier alpha value is -2.56. The van der Waals surface area contributed by atoms with Crippen molar-refractivity contribution in [2.45, 2.75) is 0 Å². The molecule has 0 bridgehead atoms.